The molecule has 2 saturated heterocycles. The molecule has 4 heterocycles. The highest BCUT2D eigenvalue weighted by molar-refractivity contribution is 7.16. The van der Waals surface area contributed by atoms with Crippen molar-refractivity contribution in [3.8, 4) is 5.75 Å². The molecule has 2 aliphatic heterocycles. The van der Waals surface area contributed by atoms with Gasteiger partial charge in [0.15, 0.2) is 0 Å². The van der Waals surface area contributed by atoms with Crippen molar-refractivity contribution >= 4 is 33.4 Å². The lowest BCUT2D eigenvalue weighted by molar-refractivity contribution is 0.0446. The number of aromatic nitrogens is 2. The third kappa shape index (κ3) is 3.35. The Hall–Kier alpha value is -2.87. The van der Waals surface area contributed by atoms with Crippen LogP contribution < -0.4 is 15.0 Å². The van der Waals surface area contributed by atoms with Crippen LogP contribution >= 0.6 is 11.3 Å². The summed E-state index contributed by atoms with van der Waals surface area (Å²) in [6.45, 7) is 2.90. The topological polar surface area (TPSA) is 70.6 Å². The van der Waals surface area contributed by atoms with Crippen molar-refractivity contribution in [1.82, 2.24) is 20.2 Å². The zero-order valence-electron chi connectivity index (χ0n) is 15.3. The van der Waals surface area contributed by atoms with Gasteiger partial charge in [0.1, 0.15) is 23.2 Å². The smallest absolute Gasteiger partial charge is 0.317 e. The fourth-order valence-electron chi connectivity index (χ4n) is 3.71. The normalized spacial score (nSPS) is 19.6. The van der Waals surface area contributed by atoms with Crippen LogP contribution in [-0.4, -0.2) is 59.2 Å². The monoisotopic (exact) mass is 395 g/mol. The van der Waals surface area contributed by atoms with E-state index in [1.54, 1.807) is 22.4 Å². The van der Waals surface area contributed by atoms with Crippen LogP contribution in [0.1, 0.15) is 6.42 Å². The standard InChI is InChI=1S/C20H21N5O2S/c26-20(23-14-7-9-24(10-14)18-6-1-2-8-21-18)25-11-15(12-25)27-16-4-3-5-17-19(16)22-13-28-17/h1-6,8,13-15H,7,9-12H2,(H,23,26). The lowest BCUT2D eigenvalue weighted by Crippen LogP contribution is -2.60. The zero-order chi connectivity index (χ0) is 18.9. The third-order valence-electron chi connectivity index (χ3n) is 5.24. The number of hydrogen-bond donors (Lipinski definition) is 1. The van der Waals surface area contributed by atoms with Crippen LogP contribution in [0.3, 0.4) is 0 Å². The van der Waals surface area contributed by atoms with Crippen molar-refractivity contribution in [1.29, 1.82) is 0 Å². The van der Waals surface area contributed by atoms with Gasteiger partial charge in [0.25, 0.3) is 0 Å². The molecule has 3 aromatic rings. The van der Waals surface area contributed by atoms with Crippen LogP contribution in [0.4, 0.5) is 10.6 Å². The Morgan fingerprint density at radius 2 is 2.07 bits per heavy atom. The molecule has 2 amide bonds. The van der Waals surface area contributed by atoms with E-state index in [0.717, 1.165) is 41.3 Å². The molecule has 5 rings (SSSR count). The van der Waals surface area contributed by atoms with E-state index in [1.807, 2.05) is 41.9 Å². The van der Waals surface area contributed by atoms with Crippen LogP contribution in [0.25, 0.3) is 10.2 Å². The van der Waals surface area contributed by atoms with E-state index in [-0.39, 0.29) is 18.2 Å². The van der Waals surface area contributed by atoms with E-state index < -0.39 is 0 Å². The average Bonchev–Trinajstić information content (AvgIpc) is 3.34. The Labute approximate surface area is 167 Å². The minimum Gasteiger partial charge on any atom is -0.484 e. The van der Waals surface area contributed by atoms with Gasteiger partial charge < -0.3 is 19.9 Å². The fourth-order valence-corrected chi connectivity index (χ4v) is 4.40. The van der Waals surface area contributed by atoms with Crippen LogP contribution in [0.5, 0.6) is 5.75 Å². The van der Waals surface area contributed by atoms with Gasteiger partial charge in [-0.05, 0) is 30.7 Å². The number of nitrogens with one attached hydrogen (secondary N) is 1. The molecular formula is C20H21N5O2S. The van der Waals surface area contributed by atoms with Crippen molar-refractivity contribution < 1.29 is 9.53 Å². The molecule has 1 N–H and O–H groups in total. The second-order valence-electron chi connectivity index (χ2n) is 7.17. The molecule has 0 spiro atoms. The molecule has 0 radical (unpaired) electrons. The van der Waals surface area contributed by atoms with Gasteiger partial charge in [-0.25, -0.2) is 14.8 Å². The van der Waals surface area contributed by atoms with Crippen LogP contribution in [-0.2, 0) is 0 Å². The summed E-state index contributed by atoms with van der Waals surface area (Å²) in [6.07, 6.45) is 2.75. The van der Waals surface area contributed by atoms with Crippen molar-refractivity contribution in [2.24, 2.45) is 0 Å². The predicted molar refractivity (Wildman–Crippen MR) is 109 cm³/mol. The highest BCUT2D eigenvalue weighted by Crippen LogP contribution is 2.29. The Morgan fingerprint density at radius 3 is 2.93 bits per heavy atom. The minimum atomic E-state index is -0.0143. The molecule has 0 saturated carbocycles. The Balaban J connectivity index is 1.11. The first-order valence-electron chi connectivity index (χ1n) is 9.46. The number of rotatable bonds is 4. The number of likely N-dealkylation sites (tertiary alicyclic amines) is 1. The van der Waals surface area contributed by atoms with Crippen molar-refractivity contribution in [3.63, 3.8) is 0 Å². The maximum atomic E-state index is 12.5. The molecule has 144 valence electrons. The molecule has 7 nitrogen and oxygen atoms in total. The highest BCUT2D eigenvalue weighted by atomic mass is 32.1. The highest BCUT2D eigenvalue weighted by Gasteiger charge is 2.34. The third-order valence-corrected chi connectivity index (χ3v) is 6.04. The summed E-state index contributed by atoms with van der Waals surface area (Å²) in [5.74, 6) is 1.76. The van der Waals surface area contributed by atoms with Crippen molar-refractivity contribution in [2.75, 3.05) is 31.1 Å². The summed E-state index contributed by atoms with van der Waals surface area (Å²) in [5.41, 5.74) is 2.73. The molecule has 0 bridgehead atoms. The van der Waals surface area contributed by atoms with Crippen LogP contribution in [0.2, 0.25) is 0 Å². The van der Waals surface area contributed by atoms with Gasteiger partial charge in [-0.2, -0.15) is 0 Å². The van der Waals surface area contributed by atoms with Crippen molar-refractivity contribution in [3.05, 3.63) is 48.1 Å². The number of carbonyl (C=O) groups excluding carboxylic acids is 1. The van der Waals surface area contributed by atoms with Gasteiger partial charge in [-0.3, -0.25) is 0 Å². The number of urea groups is 1. The minimum absolute atomic E-state index is 0.0143. The molecule has 1 unspecified atom stereocenters. The van der Waals surface area contributed by atoms with E-state index in [2.05, 4.69) is 20.2 Å². The number of nitrogens with zero attached hydrogens (tertiary/aromatic N) is 4. The van der Waals surface area contributed by atoms with E-state index in [4.69, 9.17) is 4.74 Å². The average molecular weight is 395 g/mol. The lowest BCUT2D eigenvalue weighted by atomic mass is 10.1. The van der Waals surface area contributed by atoms with E-state index in [1.165, 1.54) is 0 Å². The quantitative estimate of drug-likeness (QED) is 0.736. The van der Waals surface area contributed by atoms with E-state index >= 15 is 0 Å². The largest absolute Gasteiger partial charge is 0.484 e. The first-order valence-corrected chi connectivity index (χ1v) is 10.3. The van der Waals surface area contributed by atoms with Gasteiger partial charge in [0.2, 0.25) is 0 Å². The second kappa shape index (κ2) is 7.27. The summed E-state index contributed by atoms with van der Waals surface area (Å²) >= 11 is 1.60. The maximum Gasteiger partial charge on any atom is 0.317 e. The summed E-state index contributed by atoms with van der Waals surface area (Å²) < 4.78 is 7.17. The first-order chi connectivity index (χ1) is 13.8. The zero-order valence-corrected chi connectivity index (χ0v) is 16.1. The number of carbonyl (C=O) groups is 1. The number of amides is 2. The number of para-hydroxylation sites is 1. The van der Waals surface area contributed by atoms with Gasteiger partial charge in [0.05, 0.1) is 23.3 Å². The van der Waals surface area contributed by atoms with Crippen LogP contribution in [0.15, 0.2) is 48.1 Å². The lowest BCUT2D eigenvalue weighted by Gasteiger charge is -2.39. The molecule has 2 aromatic heterocycles. The second-order valence-corrected chi connectivity index (χ2v) is 8.06. The number of benzene rings is 1. The van der Waals surface area contributed by atoms with Crippen molar-refractivity contribution in [2.45, 2.75) is 18.6 Å². The summed E-state index contributed by atoms with van der Waals surface area (Å²) in [6, 6.07) is 12.0. The molecule has 2 fully saturated rings. The molecule has 1 atom stereocenters. The summed E-state index contributed by atoms with van der Waals surface area (Å²) in [7, 11) is 0. The van der Waals surface area contributed by atoms with Gasteiger partial charge in [0, 0.05) is 25.3 Å². The predicted octanol–water partition coefficient (Wildman–Crippen LogP) is 2.74. The number of ether oxygens (including phenoxy) is 1. The summed E-state index contributed by atoms with van der Waals surface area (Å²) in [5, 5.41) is 3.14. The fraction of sp³-hybridized carbons (Fsp3) is 0.350. The summed E-state index contributed by atoms with van der Waals surface area (Å²) in [4.78, 5) is 25.3. The van der Waals surface area contributed by atoms with Gasteiger partial charge >= 0.3 is 6.03 Å². The van der Waals surface area contributed by atoms with Gasteiger partial charge in [-0.1, -0.05) is 12.1 Å². The number of thiazole rings is 1. The number of fused-ring (bicyclic) bond motifs is 1. The first kappa shape index (κ1) is 17.2. The Kier molecular flexibility index (Phi) is 4.48. The van der Waals surface area contributed by atoms with E-state index in [0.29, 0.717) is 13.1 Å². The molecule has 1 aromatic carbocycles. The molecule has 2 aliphatic rings. The number of anilines is 1. The van der Waals surface area contributed by atoms with Crippen LogP contribution in [0, 0.1) is 0 Å². The molecule has 8 heteroatoms. The molecular weight excluding hydrogens is 374 g/mol. The van der Waals surface area contributed by atoms with E-state index in [9.17, 15) is 4.79 Å². The molecule has 0 aliphatic carbocycles. The Bertz CT molecular complexity index is 973. The number of pyridine rings is 1. The number of hydrogen-bond acceptors (Lipinski definition) is 6. The Morgan fingerprint density at radius 1 is 1.14 bits per heavy atom. The maximum absolute atomic E-state index is 12.5. The SMILES string of the molecule is O=C(NC1CCN(c2ccccn2)C1)N1CC(Oc2cccc3scnc23)C1. The van der Waals surface area contributed by atoms with Gasteiger partial charge in [-0.15, -0.1) is 11.3 Å². The molecule has 28 heavy (non-hydrogen) atoms.